The molecule has 4 atom stereocenters. The van der Waals surface area contributed by atoms with Gasteiger partial charge in [-0.1, -0.05) is 34.1 Å². The summed E-state index contributed by atoms with van der Waals surface area (Å²) in [6.45, 7) is 12.3. The summed E-state index contributed by atoms with van der Waals surface area (Å²) in [6.07, 6.45) is 5.84. The van der Waals surface area contributed by atoms with E-state index < -0.39 is 0 Å². The quantitative estimate of drug-likeness (QED) is 0.715. The molecule has 0 amide bonds. The fourth-order valence-electron chi connectivity index (χ4n) is 4.59. The van der Waals surface area contributed by atoms with Gasteiger partial charge in [-0.05, 0) is 61.4 Å². The van der Waals surface area contributed by atoms with Crippen LogP contribution in [-0.2, 0) is 0 Å². The predicted octanol–water partition coefficient (Wildman–Crippen LogP) is 3.69. The zero-order chi connectivity index (χ0) is 11.8. The van der Waals surface area contributed by atoms with Crippen LogP contribution < -0.4 is 5.32 Å². The molecule has 0 radical (unpaired) electrons. The first kappa shape index (κ1) is 12.4. The SMILES string of the molecule is CC1CCC(C(C)C)C2(CCNCC2C)C1. The molecule has 1 aliphatic carbocycles. The van der Waals surface area contributed by atoms with Crippen molar-refractivity contribution in [2.75, 3.05) is 13.1 Å². The van der Waals surface area contributed by atoms with Crippen molar-refractivity contribution in [2.24, 2.45) is 29.1 Å². The third kappa shape index (κ3) is 2.03. The van der Waals surface area contributed by atoms with Crippen LogP contribution in [-0.4, -0.2) is 13.1 Å². The molecule has 1 heteroatoms. The Bertz CT molecular complexity index is 236. The van der Waals surface area contributed by atoms with Gasteiger partial charge in [0.15, 0.2) is 0 Å². The lowest BCUT2D eigenvalue weighted by Crippen LogP contribution is -2.52. The fourth-order valence-corrected chi connectivity index (χ4v) is 4.59. The van der Waals surface area contributed by atoms with E-state index >= 15 is 0 Å². The lowest BCUT2D eigenvalue weighted by atomic mass is 9.53. The van der Waals surface area contributed by atoms with Gasteiger partial charge in [-0.2, -0.15) is 0 Å². The molecule has 0 aromatic heterocycles. The molecule has 4 unspecified atom stereocenters. The topological polar surface area (TPSA) is 12.0 Å². The second-order valence-corrected chi connectivity index (χ2v) is 6.83. The number of piperidine rings is 1. The van der Waals surface area contributed by atoms with Crippen LogP contribution >= 0.6 is 0 Å². The smallest absolute Gasteiger partial charge is 0.00177 e. The number of rotatable bonds is 1. The molecule has 1 heterocycles. The average molecular weight is 223 g/mol. The van der Waals surface area contributed by atoms with Crippen LogP contribution in [0.3, 0.4) is 0 Å². The molecular formula is C15H29N. The van der Waals surface area contributed by atoms with E-state index in [1.165, 1.54) is 38.8 Å². The van der Waals surface area contributed by atoms with E-state index in [-0.39, 0.29) is 0 Å². The second-order valence-electron chi connectivity index (χ2n) is 6.83. The van der Waals surface area contributed by atoms with Gasteiger partial charge in [-0.3, -0.25) is 0 Å². The van der Waals surface area contributed by atoms with E-state index in [4.69, 9.17) is 0 Å². The molecule has 1 saturated carbocycles. The summed E-state index contributed by atoms with van der Waals surface area (Å²) in [5, 5.41) is 3.58. The minimum atomic E-state index is 0.664. The summed E-state index contributed by atoms with van der Waals surface area (Å²) in [6, 6.07) is 0. The molecule has 1 N–H and O–H groups in total. The van der Waals surface area contributed by atoms with Crippen molar-refractivity contribution in [2.45, 2.75) is 53.4 Å². The Morgan fingerprint density at radius 2 is 1.94 bits per heavy atom. The fraction of sp³-hybridized carbons (Fsp3) is 1.00. The number of nitrogens with one attached hydrogen (secondary N) is 1. The van der Waals surface area contributed by atoms with Crippen molar-refractivity contribution in [1.29, 1.82) is 0 Å². The molecule has 0 aromatic rings. The van der Waals surface area contributed by atoms with Gasteiger partial charge in [0.2, 0.25) is 0 Å². The van der Waals surface area contributed by atoms with Crippen LogP contribution in [0.1, 0.15) is 53.4 Å². The van der Waals surface area contributed by atoms with Crippen LogP contribution in [0.2, 0.25) is 0 Å². The molecule has 1 spiro atoms. The van der Waals surface area contributed by atoms with Crippen molar-refractivity contribution in [3.63, 3.8) is 0 Å². The van der Waals surface area contributed by atoms with E-state index in [1.807, 2.05) is 0 Å². The average Bonchev–Trinajstić information content (AvgIpc) is 2.22. The van der Waals surface area contributed by atoms with Gasteiger partial charge in [0, 0.05) is 0 Å². The summed E-state index contributed by atoms with van der Waals surface area (Å²) in [5.74, 6) is 3.67. The molecule has 1 saturated heterocycles. The number of hydrogen-bond donors (Lipinski definition) is 1. The van der Waals surface area contributed by atoms with Crippen LogP contribution in [0.15, 0.2) is 0 Å². The predicted molar refractivity (Wildman–Crippen MR) is 70.4 cm³/mol. The van der Waals surface area contributed by atoms with Gasteiger partial charge < -0.3 is 5.32 Å². The lowest BCUT2D eigenvalue weighted by Gasteiger charge is -2.54. The Morgan fingerprint density at radius 1 is 1.19 bits per heavy atom. The molecule has 16 heavy (non-hydrogen) atoms. The summed E-state index contributed by atoms with van der Waals surface area (Å²) in [7, 11) is 0. The van der Waals surface area contributed by atoms with Crippen LogP contribution in [0.4, 0.5) is 0 Å². The Hall–Kier alpha value is -0.0400. The Labute approximate surface area is 101 Å². The lowest BCUT2D eigenvalue weighted by molar-refractivity contribution is -0.0370. The first-order valence-electron chi connectivity index (χ1n) is 7.27. The maximum Gasteiger partial charge on any atom is -0.00177 e. The molecular weight excluding hydrogens is 194 g/mol. The Balaban J connectivity index is 2.23. The second kappa shape index (κ2) is 4.68. The zero-order valence-electron chi connectivity index (χ0n) is 11.6. The van der Waals surface area contributed by atoms with E-state index in [0.29, 0.717) is 5.41 Å². The van der Waals surface area contributed by atoms with Gasteiger partial charge in [0.05, 0.1) is 0 Å². The summed E-state index contributed by atoms with van der Waals surface area (Å²) in [5.41, 5.74) is 0.664. The highest BCUT2D eigenvalue weighted by atomic mass is 14.9. The van der Waals surface area contributed by atoms with Crippen LogP contribution in [0.25, 0.3) is 0 Å². The molecule has 0 bridgehead atoms. The zero-order valence-corrected chi connectivity index (χ0v) is 11.6. The molecule has 2 fully saturated rings. The van der Waals surface area contributed by atoms with Gasteiger partial charge in [0.1, 0.15) is 0 Å². The molecule has 2 aliphatic rings. The van der Waals surface area contributed by atoms with Crippen molar-refractivity contribution in [3.05, 3.63) is 0 Å². The maximum atomic E-state index is 3.58. The molecule has 1 aliphatic heterocycles. The van der Waals surface area contributed by atoms with Gasteiger partial charge in [-0.25, -0.2) is 0 Å². The van der Waals surface area contributed by atoms with E-state index in [2.05, 4.69) is 33.0 Å². The summed E-state index contributed by atoms with van der Waals surface area (Å²) >= 11 is 0. The van der Waals surface area contributed by atoms with Gasteiger partial charge in [0.25, 0.3) is 0 Å². The van der Waals surface area contributed by atoms with Gasteiger partial charge in [-0.15, -0.1) is 0 Å². The first-order valence-corrected chi connectivity index (χ1v) is 7.27. The van der Waals surface area contributed by atoms with E-state index in [1.54, 1.807) is 0 Å². The van der Waals surface area contributed by atoms with Crippen LogP contribution in [0.5, 0.6) is 0 Å². The Kier molecular flexibility index (Phi) is 3.63. The number of hydrogen-bond acceptors (Lipinski definition) is 1. The van der Waals surface area contributed by atoms with Crippen molar-refractivity contribution in [1.82, 2.24) is 5.32 Å². The minimum absolute atomic E-state index is 0.664. The van der Waals surface area contributed by atoms with Crippen LogP contribution in [0, 0.1) is 29.1 Å². The highest BCUT2D eigenvalue weighted by Crippen LogP contribution is 2.54. The molecule has 2 rings (SSSR count). The molecule has 0 aromatic carbocycles. The van der Waals surface area contributed by atoms with E-state index in [0.717, 1.165) is 23.7 Å². The van der Waals surface area contributed by atoms with Crippen molar-refractivity contribution < 1.29 is 0 Å². The maximum absolute atomic E-state index is 3.58. The monoisotopic (exact) mass is 223 g/mol. The third-order valence-electron chi connectivity index (χ3n) is 5.44. The standard InChI is InChI=1S/C15H29N/c1-11(2)14-6-5-12(3)9-15(14)7-8-16-10-13(15)4/h11-14,16H,5-10H2,1-4H3. The van der Waals surface area contributed by atoms with Gasteiger partial charge >= 0.3 is 0 Å². The highest BCUT2D eigenvalue weighted by molar-refractivity contribution is 4.99. The van der Waals surface area contributed by atoms with E-state index in [9.17, 15) is 0 Å². The summed E-state index contributed by atoms with van der Waals surface area (Å²) in [4.78, 5) is 0. The molecule has 1 nitrogen and oxygen atoms in total. The minimum Gasteiger partial charge on any atom is -0.316 e. The largest absolute Gasteiger partial charge is 0.316 e. The van der Waals surface area contributed by atoms with Crippen molar-refractivity contribution in [3.8, 4) is 0 Å². The van der Waals surface area contributed by atoms with Crippen molar-refractivity contribution >= 4 is 0 Å². The third-order valence-corrected chi connectivity index (χ3v) is 5.44. The molecule has 94 valence electrons. The normalized spacial score (nSPS) is 45.2. The Morgan fingerprint density at radius 3 is 2.56 bits per heavy atom. The summed E-state index contributed by atoms with van der Waals surface area (Å²) < 4.78 is 0. The first-order chi connectivity index (χ1) is 7.56. The highest BCUT2D eigenvalue weighted by Gasteiger charge is 2.48.